The van der Waals surface area contributed by atoms with E-state index in [9.17, 15) is 9.18 Å². The lowest BCUT2D eigenvalue weighted by Crippen LogP contribution is -2.44. The second-order valence-electron chi connectivity index (χ2n) is 7.81. The van der Waals surface area contributed by atoms with E-state index in [0.717, 1.165) is 38.3 Å². The van der Waals surface area contributed by atoms with Crippen molar-refractivity contribution < 1.29 is 13.9 Å². The van der Waals surface area contributed by atoms with Gasteiger partial charge in [0.15, 0.2) is 5.82 Å². The fraction of sp³-hybridized carbons (Fsp3) is 0.333. The van der Waals surface area contributed by atoms with Crippen LogP contribution in [0.1, 0.15) is 11.1 Å². The number of aromatic nitrogens is 3. The Morgan fingerprint density at radius 1 is 1.09 bits per heavy atom. The van der Waals surface area contributed by atoms with Crippen molar-refractivity contribution in [3.8, 4) is 17.1 Å². The van der Waals surface area contributed by atoms with Crippen LogP contribution in [0.5, 0.6) is 5.75 Å². The normalized spacial score (nSPS) is 14.1. The van der Waals surface area contributed by atoms with Gasteiger partial charge in [-0.2, -0.15) is 0 Å². The third-order valence-electron chi connectivity index (χ3n) is 5.38. The Morgan fingerprint density at radius 2 is 1.85 bits per heavy atom. The second-order valence-corrected chi connectivity index (χ2v) is 7.81. The molecule has 0 saturated carbocycles. The molecule has 1 amide bonds. The van der Waals surface area contributed by atoms with Crippen LogP contribution in [0.2, 0.25) is 0 Å². The Hall–Kier alpha value is -3.43. The molecule has 33 heavy (non-hydrogen) atoms. The Kier molecular flexibility index (Phi) is 7.89. The van der Waals surface area contributed by atoms with Gasteiger partial charge >= 0.3 is 0 Å². The molecule has 2 aromatic heterocycles. The molecule has 1 aliphatic heterocycles. The molecule has 0 bridgehead atoms. The van der Waals surface area contributed by atoms with Gasteiger partial charge in [-0.1, -0.05) is 0 Å². The number of nitrogens with one attached hydrogen (secondary N) is 2. The highest BCUT2D eigenvalue weighted by atomic mass is 19.1. The van der Waals surface area contributed by atoms with E-state index in [0.29, 0.717) is 24.5 Å². The number of rotatable bonds is 9. The van der Waals surface area contributed by atoms with Crippen molar-refractivity contribution >= 4 is 5.91 Å². The van der Waals surface area contributed by atoms with E-state index in [1.165, 1.54) is 6.07 Å². The predicted molar refractivity (Wildman–Crippen MR) is 122 cm³/mol. The Labute approximate surface area is 192 Å². The first-order chi connectivity index (χ1) is 16.2. The average molecular weight is 451 g/mol. The number of piperazine rings is 1. The number of ether oxygens (including phenoxy) is 1. The molecule has 172 valence electrons. The molecule has 1 aromatic carbocycles. The quantitative estimate of drug-likeness (QED) is 0.514. The highest BCUT2D eigenvalue weighted by molar-refractivity contribution is 5.78. The second kappa shape index (κ2) is 11.4. The van der Waals surface area contributed by atoms with Crippen molar-refractivity contribution in [3.63, 3.8) is 0 Å². The fourth-order valence-electron chi connectivity index (χ4n) is 3.53. The summed E-state index contributed by atoms with van der Waals surface area (Å²) in [5, 5.41) is 6.16. The van der Waals surface area contributed by atoms with Crippen LogP contribution in [0, 0.1) is 5.82 Å². The molecule has 3 aromatic rings. The van der Waals surface area contributed by atoms with Crippen LogP contribution in [0.3, 0.4) is 0 Å². The van der Waals surface area contributed by atoms with Crippen molar-refractivity contribution in [2.24, 2.45) is 0 Å². The van der Waals surface area contributed by atoms with Crippen LogP contribution >= 0.6 is 0 Å². The van der Waals surface area contributed by atoms with Gasteiger partial charge < -0.3 is 15.4 Å². The molecule has 9 heteroatoms. The molecule has 1 fully saturated rings. The van der Waals surface area contributed by atoms with Gasteiger partial charge in [0.1, 0.15) is 18.2 Å². The smallest absolute Gasteiger partial charge is 0.224 e. The number of pyridine rings is 1. The molecule has 3 heterocycles. The minimum atomic E-state index is -0.447. The van der Waals surface area contributed by atoms with E-state index in [1.807, 2.05) is 12.1 Å². The summed E-state index contributed by atoms with van der Waals surface area (Å²) < 4.78 is 20.4. The molecular formula is C24H27FN6O2. The molecular weight excluding hydrogens is 423 g/mol. The summed E-state index contributed by atoms with van der Waals surface area (Å²) in [6, 6.07) is 8.38. The van der Waals surface area contributed by atoms with Crippen molar-refractivity contribution in [2.75, 3.05) is 39.3 Å². The van der Waals surface area contributed by atoms with Crippen LogP contribution in [0.25, 0.3) is 11.4 Å². The predicted octanol–water partition coefficient (Wildman–Crippen LogP) is 1.82. The van der Waals surface area contributed by atoms with Gasteiger partial charge in [-0.25, -0.2) is 14.4 Å². The average Bonchev–Trinajstić information content (AvgIpc) is 2.85. The first kappa shape index (κ1) is 22.8. The standard InChI is InChI=1S/C24H27FN6O2/c25-22-14-20(33-12-11-31-9-7-27-8-10-31)1-2-21(22)24-29-16-19(17-30-24)13-23(32)28-15-18-3-5-26-6-4-18/h1-6,14,16-17,27H,7-13,15H2,(H,28,32). The number of amides is 1. The molecule has 1 aliphatic rings. The first-order valence-corrected chi connectivity index (χ1v) is 11.0. The largest absolute Gasteiger partial charge is 0.492 e. The summed E-state index contributed by atoms with van der Waals surface area (Å²) in [6.45, 7) is 5.71. The zero-order valence-corrected chi connectivity index (χ0v) is 18.3. The van der Waals surface area contributed by atoms with E-state index in [4.69, 9.17) is 4.74 Å². The molecule has 1 saturated heterocycles. The number of halogens is 1. The number of benzene rings is 1. The molecule has 0 aliphatic carbocycles. The zero-order valence-electron chi connectivity index (χ0n) is 18.3. The summed E-state index contributed by atoms with van der Waals surface area (Å²) in [5.74, 6) is 0.156. The molecule has 8 nitrogen and oxygen atoms in total. The number of carbonyl (C=O) groups excluding carboxylic acids is 1. The fourth-order valence-corrected chi connectivity index (χ4v) is 3.53. The maximum Gasteiger partial charge on any atom is 0.224 e. The Bertz CT molecular complexity index is 1040. The van der Waals surface area contributed by atoms with Gasteiger partial charge in [0.2, 0.25) is 5.91 Å². The highest BCUT2D eigenvalue weighted by Crippen LogP contribution is 2.23. The topological polar surface area (TPSA) is 92.3 Å². The van der Waals surface area contributed by atoms with E-state index < -0.39 is 5.82 Å². The van der Waals surface area contributed by atoms with Gasteiger partial charge in [-0.3, -0.25) is 14.7 Å². The number of hydrogen-bond acceptors (Lipinski definition) is 7. The van der Waals surface area contributed by atoms with Gasteiger partial charge in [0.05, 0.1) is 12.0 Å². The monoisotopic (exact) mass is 450 g/mol. The summed E-state index contributed by atoms with van der Waals surface area (Å²) in [7, 11) is 0. The van der Waals surface area contributed by atoms with Crippen LogP contribution in [0.4, 0.5) is 4.39 Å². The molecule has 2 N–H and O–H groups in total. The summed E-state index contributed by atoms with van der Waals surface area (Å²) >= 11 is 0. The molecule has 0 atom stereocenters. The molecule has 4 rings (SSSR count). The third-order valence-corrected chi connectivity index (χ3v) is 5.38. The maximum absolute atomic E-state index is 14.6. The van der Waals surface area contributed by atoms with Crippen molar-refractivity contribution in [1.29, 1.82) is 0 Å². The van der Waals surface area contributed by atoms with E-state index in [1.54, 1.807) is 36.9 Å². The SMILES string of the molecule is O=C(Cc1cnc(-c2ccc(OCCN3CCNCC3)cc2F)nc1)NCc1ccncc1. The lowest BCUT2D eigenvalue weighted by molar-refractivity contribution is -0.120. The van der Waals surface area contributed by atoms with Crippen molar-refractivity contribution in [1.82, 2.24) is 30.5 Å². The van der Waals surface area contributed by atoms with Crippen LogP contribution in [-0.2, 0) is 17.8 Å². The van der Waals surface area contributed by atoms with Gasteiger partial charge in [-0.05, 0) is 35.4 Å². The summed E-state index contributed by atoms with van der Waals surface area (Å²) in [6.07, 6.45) is 6.60. The zero-order chi connectivity index (χ0) is 22.9. The molecule has 0 radical (unpaired) electrons. The highest BCUT2D eigenvalue weighted by Gasteiger charge is 2.12. The Balaban J connectivity index is 1.28. The van der Waals surface area contributed by atoms with Crippen LogP contribution < -0.4 is 15.4 Å². The van der Waals surface area contributed by atoms with Crippen LogP contribution in [0.15, 0.2) is 55.1 Å². The number of hydrogen-bond donors (Lipinski definition) is 2. The lowest BCUT2D eigenvalue weighted by Gasteiger charge is -2.26. The first-order valence-electron chi connectivity index (χ1n) is 11.0. The van der Waals surface area contributed by atoms with E-state index >= 15 is 0 Å². The van der Waals surface area contributed by atoms with Crippen molar-refractivity contribution in [3.05, 3.63) is 72.1 Å². The van der Waals surface area contributed by atoms with Gasteiger partial charge in [-0.15, -0.1) is 0 Å². The number of nitrogens with zero attached hydrogens (tertiary/aromatic N) is 4. The summed E-state index contributed by atoms with van der Waals surface area (Å²) in [4.78, 5) is 26.9. The lowest BCUT2D eigenvalue weighted by atomic mass is 10.1. The summed E-state index contributed by atoms with van der Waals surface area (Å²) in [5.41, 5.74) is 1.91. The van der Waals surface area contributed by atoms with Crippen molar-refractivity contribution in [2.45, 2.75) is 13.0 Å². The van der Waals surface area contributed by atoms with E-state index in [2.05, 4.69) is 30.5 Å². The Morgan fingerprint density at radius 3 is 2.58 bits per heavy atom. The molecule has 0 unspecified atom stereocenters. The number of carbonyl (C=O) groups is 1. The third kappa shape index (κ3) is 6.77. The van der Waals surface area contributed by atoms with Gasteiger partial charge in [0.25, 0.3) is 0 Å². The van der Waals surface area contributed by atoms with E-state index in [-0.39, 0.29) is 23.7 Å². The maximum atomic E-state index is 14.6. The van der Waals surface area contributed by atoms with Gasteiger partial charge in [0, 0.05) is 70.1 Å². The minimum Gasteiger partial charge on any atom is -0.492 e. The molecule has 0 spiro atoms. The minimum absolute atomic E-state index is 0.142. The van der Waals surface area contributed by atoms with Crippen LogP contribution in [-0.4, -0.2) is 65.1 Å².